The van der Waals surface area contributed by atoms with Crippen molar-refractivity contribution in [2.75, 3.05) is 20.3 Å². The van der Waals surface area contributed by atoms with Gasteiger partial charge in [-0.2, -0.15) is 0 Å². The zero-order chi connectivity index (χ0) is 14.8. The number of methoxy groups -OCH3 is 1. The molecule has 0 spiro atoms. The number of ether oxygens (including phenoxy) is 3. The molecule has 20 heavy (non-hydrogen) atoms. The summed E-state index contributed by atoms with van der Waals surface area (Å²) < 4.78 is 15.7. The molecule has 0 unspecified atom stereocenters. The van der Waals surface area contributed by atoms with Crippen molar-refractivity contribution in [3.8, 4) is 11.5 Å². The number of carbonyl (C=O) groups is 1. The molecule has 2 rings (SSSR count). The van der Waals surface area contributed by atoms with Gasteiger partial charge in [-0.3, -0.25) is 10.1 Å². The van der Waals surface area contributed by atoms with Crippen LogP contribution in [0.15, 0.2) is 12.1 Å². The van der Waals surface area contributed by atoms with Crippen molar-refractivity contribution in [2.45, 2.75) is 25.9 Å². The monoisotopic (exact) mass is 299 g/mol. The molecule has 0 atom stereocenters. The molecule has 0 saturated heterocycles. The summed E-state index contributed by atoms with van der Waals surface area (Å²) in [6.45, 7) is 5.00. The lowest BCUT2D eigenvalue weighted by molar-refractivity contribution is -0.147. The van der Waals surface area contributed by atoms with Gasteiger partial charge in [0.15, 0.2) is 11.5 Å². The molecular formula is C14H18ClNO4. The van der Waals surface area contributed by atoms with E-state index < -0.39 is 5.54 Å². The number of fused-ring (bicyclic) bond motifs is 1. The average molecular weight is 300 g/mol. The van der Waals surface area contributed by atoms with E-state index in [1.165, 1.54) is 7.11 Å². The van der Waals surface area contributed by atoms with Crippen molar-refractivity contribution in [3.05, 3.63) is 22.7 Å². The summed E-state index contributed by atoms with van der Waals surface area (Å²) in [5.74, 6) is 0.895. The van der Waals surface area contributed by atoms with Gasteiger partial charge in [-0.1, -0.05) is 11.6 Å². The second-order valence-electron chi connectivity index (χ2n) is 5.07. The maximum atomic E-state index is 11.6. The van der Waals surface area contributed by atoms with Crippen molar-refractivity contribution in [1.82, 2.24) is 5.32 Å². The van der Waals surface area contributed by atoms with Crippen LogP contribution in [0.25, 0.3) is 0 Å². The summed E-state index contributed by atoms with van der Waals surface area (Å²) in [5.41, 5.74) is 0.144. The molecule has 1 heterocycles. The van der Waals surface area contributed by atoms with Crippen LogP contribution in [0.2, 0.25) is 5.02 Å². The van der Waals surface area contributed by atoms with Gasteiger partial charge in [0.05, 0.1) is 12.1 Å². The molecule has 0 fully saturated rings. The molecule has 0 bridgehead atoms. The number of halogens is 1. The number of benzene rings is 1. The Hall–Kier alpha value is -1.46. The number of rotatable bonds is 4. The number of hydrogen-bond donors (Lipinski definition) is 1. The van der Waals surface area contributed by atoms with Gasteiger partial charge in [-0.05, 0) is 31.5 Å². The Balaban J connectivity index is 2.11. The Labute approximate surface area is 123 Å². The maximum absolute atomic E-state index is 11.6. The Morgan fingerprint density at radius 3 is 2.80 bits per heavy atom. The lowest BCUT2D eigenvalue weighted by atomic mass is 10.1. The Kier molecular flexibility index (Phi) is 4.40. The number of carbonyl (C=O) groups excluding carboxylic acids is 1. The van der Waals surface area contributed by atoms with E-state index in [2.05, 4.69) is 5.32 Å². The molecule has 1 aromatic carbocycles. The Morgan fingerprint density at radius 2 is 2.10 bits per heavy atom. The molecule has 0 aromatic heterocycles. The van der Waals surface area contributed by atoms with Gasteiger partial charge in [0.1, 0.15) is 18.8 Å². The van der Waals surface area contributed by atoms with E-state index in [0.717, 1.165) is 5.56 Å². The first-order chi connectivity index (χ1) is 9.44. The zero-order valence-corrected chi connectivity index (χ0v) is 12.5. The van der Waals surface area contributed by atoms with Crippen LogP contribution in [-0.4, -0.2) is 31.8 Å². The van der Waals surface area contributed by atoms with Crippen molar-refractivity contribution in [3.63, 3.8) is 0 Å². The quantitative estimate of drug-likeness (QED) is 0.863. The summed E-state index contributed by atoms with van der Waals surface area (Å²) in [4.78, 5) is 11.6. The standard InChI is InChI=1S/C14H18ClNO4/c1-14(2,13(17)18-3)16-8-9-6-10(15)12-11(7-9)19-4-5-20-12/h6-7,16H,4-5,8H2,1-3H3. The molecule has 0 radical (unpaired) electrons. The average Bonchev–Trinajstić information content (AvgIpc) is 2.44. The zero-order valence-electron chi connectivity index (χ0n) is 11.8. The fraction of sp³-hybridized carbons (Fsp3) is 0.500. The molecule has 0 aliphatic carbocycles. The smallest absolute Gasteiger partial charge is 0.325 e. The summed E-state index contributed by atoms with van der Waals surface area (Å²) in [5, 5.41) is 3.64. The summed E-state index contributed by atoms with van der Waals surface area (Å²) in [7, 11) is 1.37. The predicted octanol–water partition coefficient (Wildman–Crippen LogP) is 2.15. The van der Waals surface area contributed by atoms with E-state index in [0.29, 0.717) is 36.3 Å². The topological polar surface area (TPSA) is 56.8 Å². The minimum Gasteiger partial charge on any atom is -0.486 e. The largest absolute Gasteiger partial charge is 0.486 e. The molecule has 1 aliphatic heterocycles. The third-order valence-corrected chi connectivity index (χ3v) is 3.37. The summed E-state index contributed by atoms with van der Waals surface area (Å²) in [6.07, 6.45) is 0. The van der Waals surface area contributed by atoms with Crippen LogP contribution >= 0.6 is 11.6 Å². The van der Waals surface area contributed by atoms with Crippen LogP contribution < -0.4 is 14.8 Å². The lowest BCUT2D eigenvalue weighted by Gasteiger charge is -2.24. The molecule has 6 heteroatoms. The molecule has 1 aliphatic rings. The van der Waals surface area contributed by atoms with Crippen molar-refractivity contribution in [2.24, 2.45) is 0 Å². The van der Waals surface area contributed by atoms with E-state index >= 15 is 0 Å². The molecular weight excluding hydrogens is 282 g/mol. The van der Waals surface area contributed by atoms with E-state index in [4.69, 9.17) is 25.8 Å². The highest BCUT2D eigenvalue weighted by Gasteiger charge is 2.28. The molecule has 0 saturated carbocycles. The number of nitrogens with one attached hydrogen (secondary N) is 1. The van der Waals surface area contributed by atoms with Gasteiger partial charge in [0, 0.05) is 6.54 Å². The fourth-order valence-electron chi connectivity index (χ4n) is 1.92. The number of hydrogen-bond acceptors (Lipinski definition) is 5. The van der Waals surface area contributed by atoms with Gasteiger partial charge in [0.2, 0.25) is 0 Å². The Morgan fingerprint density at radius 1 is 1.40 bits per heavy atom. The maximum Gasteiger partial charge on any atom is 0.325 e. The third kappa shape index (κ3) is 3.16. The van der Waals surface area contributed by atoms with Crippen LogP contribution in [0, 0.1) is 0 Å². The van der Waals surface area contributed by atoms with Crippen molar-refractivity contribution in [1.29, 1.82) is 0 Å². The normalized spacial score (nSPS) is 14.0. The predicted molar refractivity (Wildman–Crippen MR) is 75.4 cm³/mol. The molecule has 0 amide bonds. The van der Waals surface area contributed by atoms with Crippen LogP contribution in [0.5, 0.6) is 11.5 Å². The van der Waals surface area contributed by atoms with Gasteiger partial charge in [-0.15, -0.1) is 0 Å². The lowest BCUT2D eigenvalue weighted by Crippen LogP contribution is -2.46. The third-order valence-electron chi connectivity index (χ3n) is 3.09. The second-order valence-corrected chi connectivity index (χ2v) is 5.48. The highest BCUT2D eigenvalue weighted by molar-refractivity contribution is 6.32. The minimum atomic E-state index is -0.769. The number of esters is 1. The van der Waals surface area contributed by atoms with Crippen LogP contribution in [0.4, 0.5) is 0 Å². The van der Waals surface area contributed by atoms with E-state index in [-0.39, 0.29) is 5.97 Å². The van der Waals surface area contributed by atoms with E-state index in [1.807, 2.05) is 6.07 Å². The van der Waals surface area contributed by atoms with Crippen molar-refractivity contribution >= 4 is 17.6 Å². The first-order valence-electron chi connectivity index (χ1n) is 6.35. The molecule has 1 aromatic rings. The second kappa shape index (κ2) is 5.89. The van der Waals surface area contributed by atoms with Crippen molar-refractivity contribution < 1.29 is 19.0 Å². The van der Waals surface area contributed by atoms with Gasteiger partial charge in [-0.25, -0.2) is 0 Å². The van der Waals surface area contributed by atoms with Gasteiger partial charge >= 0.3 is 5.97 Å². The first-order valence-corrected chi connectivity index (χ1v) is 6.73. The molecule has 110 valence electrons. The van der Waals surface area contributed by atoms with Crippen LogP contribution in [0.3, 0.4) is 0 Å². The minimum absolute atomic E-state index is 0.318. The molecule has 1 N–H and O–H groups in total. The summed E-state index contributed by atoms with van der Waals surface area (Å²) >= 11 is 6.16. The fourth-order valence-corrected chi connectivity index (χ4v) is 2.20. The van der Waals surface area contributed by atoms with Gasteiger partial charge in [0.25, 0.3) is 0 Å². The van der Waals surface area contributed by atoms with Crippen LogP contribution in [-0.2, 0) is 16.1 Å². The summed E-state index contributed by atoms with van der Waals surface area (Å²) in [6, 6.07) is 3.66. The SMILES string of the molecule is COC(=O)C(C)(C)NCc1cc(Cl)c2c(c1)OCCO2. The van der Waals surface area contributed by atoms with Gasteiger partial charge < -0.3 is 14.2 Å². The molecule has 5 nitrogen and oxygen atoms in total. The van der Waals surface area contributed by atoms with E-state index in [9.17, 15) is 4.79 Å². The highest BCUT2D eigenvalue weighted by Crippen LogP contribution is 2.38. The van der Waals surface area contributed by atoms with Crippen LogP contribution in [0.1, 0.15) is 19.4 Å². The highest BCUT2D eigenvalue weighted by atomic mass is 35.5. The Bertz CT molecular complexity index is 516. The van der Waals surface area contributed by atoms with E-state index in [1.54, 1.807) is 19.9 Å². The first kappa shape index (κ1) is 14.9.